The van der Waals surface area contributed by atoms with Gasteiger partial charge in [0.15, 0.2) is 0 Å². The van der Waals surface area contributed by atoms with Crippen LogP contribution in [0.25, 0.3) is 0 Å². The molecule has 0 aliphatic carbocycles. The van der Waals surface area contributed by atoms with Crippen molar-refractivity contribution < 1.29 is 19.3 Å². The molecule has 0 unspecified atom stereocenters. The molecule has 1 saturated heterocycles. The van der Waals surface area contributed by atoms with Crippen LogP contribution in [0.4, 0.5) is 0 Å². The highest BCUT2D eigenvalue weighted by atomic mass is 16.2. The number of imide groups is 1. The average Bonchev–Trinajstić information content (AvgIpc) is 2.89. The van der Waals surface area contributed by atoms with E-state index in [-0.39, 0.29) is 30.7 Å². The second kappa shape index (κ2) is 8.45. The van der Waals surface area contributed by atoms with Crippen molar-refractivity contribution in [2.45, 2.75) is 32.6 Å². The molecule has 0 radical (unpaired) electrons. The molecular formula is C20H28N3O3+. The van der Waals surface area contributed by atoms with Crippen molar-refractivity contribution in [2.24, 2.45) is 5.92 Å². The first-order valence-corrected chi connectivity index (χ1v) is 9.61. The van der Waals surface area contributed by atoms with Gasteiger partial charge in [-0.25, -0.2) is 0 Å². The normalized spacial score (nSPS) is 22.4. The summed E-state index contributed by atoms with van der Waals surface area (Å²) in [4.78, 5) is 39.3. The summed E-state index contributed by atoms with van der Waals surface area (Å²) in [5.74, 6) is 0.132. The molecule has 6 heteroatoms. The number of likely N-dealkylation sites (tertiary alicyclic amines) is 1. The molecule has 1 aromatic carbocycles. The minimum Gasteiger partial charge on any atom is -0.356 e. The van der Waals surface area contributed by atoms with Crippen molar-refractivity contribution >= 4 is 17.7 Å². The monoisotopic (exact) mass is 358 g/mol. The maximum absolute atomic E-state index is 12.2. The van der Waals surface area contributed by atoms with Crippen LogP contribution in [-0.4, -0.2) is 55.3 Å². The molecule has 0 atom stereocenters. The predicted octanol–water partition coefficient (Wildman–Crippen LogP) is 0.494. The summed E-state index contributed by atoms with van der Waals surface area (Å²) in [5, 5.41) is 2.90. The van der Waals surface area contributed by atoms with Crippen LogP contribution in [0.1, 0.15) is 53.3 Å². The number of carbonyl (C=O) groups excluding carboxylic acids is 3. The van der Waals surface area contributed by atoms with Crippen LogP contribution >= 0.6 is 0 Å². The van der Waals surface area contributed by atoms with Gasteiger partial charge in [0.05, 0.1) is 30.8 Å². The van der Waals surface area contributed by atoms with Crippen molar-refractivity contribution in [3.8, 4) is 0 Å². The molecule has 1 fully saturated rings. The van der Waals surface area contributed by atoms with Crippen molar-refractivity contribution in [3.63, 3.8) is 0 Å². The molecular weight excluding hydrogens is 330 g/mol. The van der Waals surface area contributed by atoms with E-state index in [1.165, 1.54) is 30.8 Å². The molecule has 0 spiro atoms. The van der Waals surface area contributed by atoms with Crippen LogP contribution < -0.4 is 10.2 Å². The molecule has 0 aromatic heterocycles. The van der Waals surface area contributed by atoms with Gasteiger partial charge >= 0.3 is 0 Å². The fourth-order valence-corrected chi connectivity index (χ4v) is 3.73. The lowest BCUT2D eigenvalue weighted by Crippen LogP contribution is -3.13. The third kappa shape index (κ3) is 4.30. The third-order valence-electron chi connectivity index (χ3n) is 5.45. The van der Waals surface area contributed by atoms with Crippen LogP contribution in [0.3, 0.4) is 0 Å². The van der Waals surface area contributed by atoms with Gasteiger partial charge in [-0.15, -0.1) is 0 Å². The van der Waals surface area contributed by atoms with Gasteiger partial charge in [0.2, 0.25) is 5.91 Å². The minimum absolute atomic E-state index is 0.108. The van der Waals surface area contributed by atoms with Crippen LogP contribution in [0, 0.1) is 5.92 Å². The molecule has 0 bridgehead atoms. The van der Waals surface area contributed by atoms with E-state index in [1.54, 1.807) is 29.2 Å². The van der Waals surface area contributed by atoms with Crippen LogP contribution in [0.5, 0.6) is 0 Å². The molecule has 2 heterocycles. The maximum Gasteiger partial charge on any atom is 0.261 e. The van der Waals surface area contributed by atoms with E-state index in [0.717, 1.165) is 18.9 Å². The number of fused-ring (bicyclic) bond motifs is 1. The van der Waals surface area contributed by atoms with Crippen molar-refractivity contribution in [1.82, 2.24) is 10.2 Å². The van der Waals surface area contributed by atoms with E-state index >= 15 is 0 Å². The highest BCUT2D eigenvalue weighted by Crippen LogP contribution is 2.22. The number of carbonyl (C=O) groups is 3. The second-order valence-corrected chi connectivity index (χ2v) is 7.44. The zero-order chi connectivity index (χ0) is 18.5. The molecule has 0 saturated carbocycles. The molecule has 2 N–H and O–H groups in total. The number of piperidine rings is 1. The Morgan fingerprint density at radius 2 is 1.77 bits per heavy atom. The number of hydrogen-bond acceptors (Lipinski definition) is 3. The Kier molecular flexibility index (Phi) is 6.04. The zero-order valence-corrected chi connectivity index (χ0v) is 15.4. The van der Waals surface area contributed by atoms with Gasteiger partial charge in [0, 0.05) is 25.9 Å². The second-order valence-electron chi connectivity index (χ2n) is 7.44. The van der Waals surface area contributed by atoms with Crippen molar-refractivity contribution in [1.29, 1.82) is 0 Å². The number of amides is 3. The van der Waals surface area contributed by atoms with Gasteiger partial charge in [-0.3, -0.25) is 19.3 Å². The lowest BCUT2D eigenvalue weighted by atomic mass is 9.99. The summed E-state index contributed by atoms with van der Waals surface area (Å²) in [6.45, 7) is 6.65. The number of rotatable bonds is 7. The fraction of sp³-hybridized carbons (Fsp3) is 0.550. The fourth-order valence-electron chi connectivity index (χ4n) is 3.73. The molecule has 140 valence electrons. The van der Waals surface area contributed by atoms with Gasteiger partial charge in [0.1, 0.15) is 0 Å². The molecule has 3 rings (SSSR count). The first kappa shape index (κ1) is 18.6. The maximum atomic E-state index is 12.2. The number of hydrogen-bond donors (Lipinski definition) is 2. The molecule has 2 aliphatic rings. The summed E-state index contributed by atoms with van der Waals surface area (Å²) < 4.78 is 0. The minimum atomic E-state index is -0.304. The smallest absolute Gasteiger partial charge is 0.261 e. The zero-order valence-electron chi connectivity index (χ0n) is 15.4. The summed E-state index contributed by atoms with van der Waals surface area (Å²) in [5.41, 5.74) is 0.855. The summed E-state index contributed by atoms with van der Waals surface area (Å²) in [6, 6.07) is 6.79. The van der Waals surface area contributed by atoms with E-state index < -0.39 is 0 Å². The molecule has 6 nitrogen and oxygen atoms in total. The largest absolute Gasteiger partial charge is 0.356 e. The summed E-state index contributed by atoms with van der Waals surface area (Å²) in [7, 11) is 0. The van der Waals surface area contributed by atoms with Gasteiger partial charge < -0.3 is 10.2 Å². The third-order valence-corrected chi connectivity index (χ3v) is 5.45. The Bertz CT molecular complexity index is 646. The standard InChI is InChI=1S/C20H27N3O3/c1-15-7-12-22(13-8-15)11-4-10-21-18(24)9-14-23-19(25)16-5-2-3-6-17(16)20(23)26/h2-3,5-6,15H,4,7-14H2,1H3,(H,21,24)/p+1. The Morgan fingerprint density at radius 3 is 2.38 bits per heavy atom. The molecule has 2 aliphatic heterocycles. The molecule has 1 aromatic rings. The Balaban J connectivity index is 1.35. The van der Waals surface area contributed by atoms with Crippen LogP contribution in [-0.2, 0) is 4.79 Å². The molecule has 3 amide bonds. The lowest BCUT2D eigenvalue weighted by Gasteiger charge is -2.27. The lowest BCUT2D eigenvalue weighted by molar-refractivity contribution is -0.906. The van der Waals surface area contributed by atoms with Crippen molar-refractivity contribution in [3.05, 3.63) is 35.4 Å². The SMILES string of the molecule is CC1CC[NH+](CCCNC(=O)CCN2C(=O)c3ccccc3C2=O)CC1. The van der Waals surface area contributed by atoms with Gasteiger partial charge in [0.25, 0.3) is 11.8 Å². The molecule has 26 heavy (non-hydrogen) atoms. The number of quaternary nitrogens is 1. The summed E-state index contributed by atoms with van der Waals surface area (Å²) >= 11 is 0. The topological polar surface area (TPSA) is 70.9 Å². The highest BCUT2D eigenvalue weighted by molar-refractivity contribution is 6.21. The Hall–Kier alpha value is -2.21. The van der Waals surface area contributed by atoms with E-state index in [9.17, 15) is 14.4 Å². The Labute approximate surface area is 154 Å². The van der Waals surface area contributed by atoms with E-state index in [2.05, 4.69) is 12.2 Å². The first-order valence-electron chi connectivity index (χ1n) is 9.61. The predicted molar refractivity (Wildman–Crippen MR) is 98.0 cm³/mol. The van der Waals surface area contributed by atoms with E-state index in [1.807, 2.05) is 0 Å². The van der Waals surface area contributed by atoms with Crippen molar-refractivity contribution in [2.75, 3.05) is 32.7 Å². The van der Waals surface area contributed by atoms with Gasteiger partial charge in [-0.1, -0.05) is 19.1 Å². The van der Waals surface area contributed by atoms with Crippen LogP contribution in [0.15, 0.2) is 24.3 Å². The van der Waals surface area contributed by atoms with Gasteiger partial charge in [-0.05, 0) is 30.9 Å². The van der Waals surface area contributed by atoms with E-state index in [0.29, 0.717) is 17.7 Å². The number of nitrogens with zero attached hydrogens (tertiary/aromatic N) is 1. The summed E-state index contributed by atoms with van der Waals surface area (Å²) in [6.07, 6.45) is 3.70. The Morgan fingerprint density at radius 1 is 1.15 bits per heavy atom. The van der Waals surface area contributed by atoms with E-state index in [4.69, 9.17) is 0 Å². The van der Waals surface area contributed by atoms with Crippen LogP contribution in [0.2, 0.25) is 0 Å². The number of nitrogens with one attached hydrogen (secondary N) is 2. The average molecular weight is 358 g/mol. The highest BCUT2D eigenvalue weighted by Gasteiger charge is 2.34. The number of benzene rings is 1. The quantitative estimate of drug-likeness (QED) is 0.551. The van der Waals surface area contributed by atoms with Gasteiger partial charge in [-0.2, -0.15) is 0 Å². The first-order chi connectivity index (χ1) is 12.6.